The van der Waals surface area contributed by atoms with Crippen molar-refractivity contribution in [1.29, 1.82) is 0 Å². The van der Waals surface area contributed by atoms with E-state index in [-0.39, 0.29) is 42.3 Å². The second-order valence-corrected chi connectivity index (χ2v) is 6.37. The smallest absolute Gasteiger partial charge is 0.234 e. The summed E-state index contributed by atoms with van der Waals surface area (Å²) in [5.41, 5.74) is 0.117. The Bertz CT molecular complexity index is 349. The van der Waals surface area contributed by atoms with Crippen LogP contribution in [0.2, 0.25) is 0 Å². The first-order valence-corrected chi connectivity index (χ1v) is 8.51. The predicted molar refractivity (Wildman–Crippen MR) is 100 cm³/mol. The lowest BCUT2D eigenvalue weighted by Crippen LogP contribution is -2.62. The average molecular weight is 386 g/mol. The van der Waals surface area contributed by atoms with Crippen LogP contribution in [0.1, 0.15) is 32.6 Å². The highest BCUT2D eigenvalue weighted by molar-refractivity contribution is 5.85. The van der Waals surface area contributed by atoms with E-state index in [0.29, 0.717) is 19.7 Å². The molecule has 1 aliphatic carbocycles. The quantitative estimate of drug-likeness (QED) is 0.615. The molecule has 1 unspecified atom stereocenters. The molecule has 1 atom stereocenters. The van der Waals surface area contributed by atoms with Crippen molar-refractivity contribution in [1.82, 2.24) is 15.5 Å². The summed E-state index contributed by atoms with van der Waals surface area (Å²) in [6.07, 6.45) is 4.85. The van der Waals surface area contributed by atoms with Crippen LogP contribution in [0.5, 0.6) is 0 Å². The average Bonchev–Trinajstić information content (AvgIpc) is 3.03. The Labute approximate surface area is 158 Å². The van der Waals surface area contributed by atoms with Gasteiger partial charge in [0, 0.05) is 38.3 Å². The van der Waals surface area contributed by atoms with Gasteiger partial charge in [-0.25, -0.2) is 0 Å². The standard InChI is InChI=1S/C16H31N3O3.2ClH/c1-14(18-15(20)13-17-7-10-21-2)16(5-3-4-6-16)19-8-11-22-12-9-19;;/h14,17H,3-13H2,1-2H3,(H,18,20);2*1H. The van der Waals surface area contributed by atoms with Crippen molar-refractivity contribution in [2.75, 3.05) is 53.1 Å². The molecule has 0 bridgehead atoms. The van der Waals surface area contributed by atoms with Gasteiger partial charge in [0.25, 0.3) is 0 Å². The molecule has 0 aromatic rings. The molecule has 0 aromatic carbocycles. The summed E-state index contributed by atoms with van der Waals surface area (Å²) in [7, 11) is 1.66. The number of nitrogens with one attached hydrogen (secondary N) is 2. The van der Waals surface area contributed by atoms with E-state index in [4.69, 9.17) is 9.47 Å². The molecule has 6 nitrogen and oxygen atoms in total. The number of rotatable bonds is 8. The van der Waals surface area contributed by atoms with Crippen LogP contribution in [-0.4, -0.2) is 75.5 Å². The maximum absolute atomic E-state index is 12.1. The number of ether oxygens (including phenoxy) is 2. The number of nitrogens with zero attached hydrogens (tertiary/aromatic N) is 1. The minimum atomic E-state index is 0. The van der Waals surface area contributed by atoms with Crippen molar-refractivity contribution < 1.29 is 14.3 Å². The number of hydrogen-bond acceptors (Lipinski definition) is 5. The largest absolute Gasteiger partial charge is 0.383 e. The van der Waals surface area contributed by atoms with Gasteiger partial charge in [-0.1, -0.05) is 12.8 Å². The Morgan fingerprint density at radius 2 is 1.88 bits per heavy atom. The number of halogens is 2. The van der Waals surface area contributed by atoms with E-state index >= 15 is 0 Å². The third kappa shape index (κ3) is 6.32. The van der Waals surface area contributed by atoms with E-state index < -0.39 is 0 Å². The van der Waals surface area contributed by atoms with Gasteiger partial charge in [-0.05, 0) is 19.8 Å². The number of amides is 1. The van der Waals surface area contributed by atoms with Gasteiger partial charge in [0.1, 0.15) is 0 Å². The third-order valence-corrected chi connectivity index (χ3v) is 5.06. The van der Waals surface area contributed by atoms with Crippen molar-refractivity contribution in [3.8, 4) is 0 Å². The molecule has 1 heterocycles. The molecule has 2 rings (SSSR count). The lowest BCUT2D eigenvalue weighted by atomic mass is 9.86. The summed E-state index contributed by atoms with van der Waals surface area (Å²) >= 11 is 0. The number of carbonyl (C=O) groups excluding carboxylic acids is 1. The molecular formula is C16H33Cl2N3O3. The molecule has 144 valence electrons. The zero-order valence-corrected chi connectivity index (χ0v) is 16.5. The first kappa shape index (κ1) is 23.9. The highest BCUT2D eigenvalue weighted by atomic mass is 35.5. The summed E-state index contributed by atoms with van der Waals surface area (Å²) < 4.78 is 10.5. The fourth-order valence-electron chi connectivity index (χ4n) is 3.82. The van der Waals surface area contributed by atoms with Crippen LogP contribution in [0.3, 0.4) is 0 Å². The SMILES string of the molecule is COCCNCC(=O)NC(C)C1(N2CCOCC2)CCCC1.Cl.Cl. The molecular weight excluding hydrogens is 353 g/mol. The molecule has 1 amide bonds. The van der Waals surface area contributed by atoms with Gasteiger partial charge in [0.2, 0.25) is 5.91 Å². The van der Waals surface area contributed by atoms with Gasteiger partial charge in [-0.15, -0.1) is 24.8 Å². The lowest BCUT2D eigenvalue weighted by molar-refractivity contribution is -0.122. The van der Waals surface area contributed by atoms with Crippen LogP contribution < -0.4 is 10.6 Å². The van der Waals surface area contributed by atoms with Gasteiger partial charge in [-0.3, -0.25) is 9.69 Å². The number of methoxy groups -OCH3 is 1. The first-order chi connectivity index (χ1) is 10.7. The van der Waals surface area contributed by atoms with Crippen LogP contribution >= 0.6 is 24.8 Å². The van der Waals surface area contributed by atoms with Crippen LogP contribution in [-0.2, 0) is 14.3 Å². The van der Waals surface area contributed by atoms with Gasteiger partial charge in [0.05, 0.1) is 26.4 Å². The van der Waals surface area contributed by atoms with Crippen molar-refractivity contribution in [3.63, 3.8) is 0 Å². The Hall–Kier alpha value is -0.110. The predicted octanol–water partition coefficient (Wildman–Crippen LogP) is 1.22. The molecule has 0 spiro atoms. The zero-order valence-electron chi connectivity index (χ0n) is 14.8. The summed E-state index contributed by atoms with van der Waals surface area (Å²) in [5.74, 6) is 0.0723. The molecule has 1 aliphatic heterocycles. The summed E-state index contributed by atoms with van der Waals surface area (Å²) in [6, 6.07) is 0.171. The van der Waals surface area contributed by atoms with E-state index in [1.54, 1.807) is 7.11 Å². The second-order valence-electron chi connectivity index (χ2n) is 6.37. The number of hydrogen-bond donors (Lipinski definition) is 2. The van der Waals surface area contributed by atoms with E-state index in [2.05, 4.69) is 22.5 Å². The molecule has 1 saturated carbocycles. The van der Waals surface area contributed by atoms with Crippen molar-refractivity contribution in [3.05, 3.63) is 0 Å². The topological polar surface area (TPSA) is 62.8 Å². The van der Waals surface area contributed by atoms with E-state index in [1.807, 2.05) is 0 Å². The molecule has 0 radical (unpaired) electrons. The van der Waals surface area contributed by atoms with Gasteiger partial charge in [-0.2, -0.15) is 0 Å². The van der Waals surface area contributed by atoms with E-state index in [0.717, 1.165) is 26.3 Å². The monoisotopic (exact) mass is 385 g/mol. The summed E-state index contributed by atoms with van der Waals surface area (Å²) in [6.45, 7) is 7.41. The third-order valence-electron chi connectivity index (χ3n) is 5.06. The Morgan fingerprint density at radius 3 is 2.46 bits per heavy atom. The normalized spacial score (nSPS) is 21.4. The molecule has 1 saturated heterocycles. The van der Waals surface area contributed by atoms with Crippen LogP contribution in [0, 0.1) is 0 Å². The van der Waals surface area contributed by atoms with Crippen LogP contribution in [0.15, 0.2) is 0 Å². The van der Waals surface area contributed by atoms with Gasteiger partial charge < -0.3 is 20.1 Å². The Balaban J connectivity index is 0.00000264. The molecule has 24 heavy (non-hydrogen) atoms. The molecule has 0 aromatic heterocycles. The molecule has 2 aliphatic rings. The van der Waals surface area contributed by atoms with Crippen LogP contribution in [0.25, 0.3) is 0 Å². The van der Waals surface area contributed by atoms with Crippen molar-refractivity contribution in [2.24, 2.45) is 0 Å². The molecule has 2 N–H and O–H groups in total. The minimum absolute atomic E-state index is 0. The van der Waals surface area contributed by atoms with Crippen molar-refractivity contribution in [2.45, 2.75) is 44.2 Å². The maximum atomic E-state index is 12.1. The van der Waals surface area contributed by atoms with Crippen molar-refractivity contribution >= 4 is 30.7 Å². The lowest BCUT2D eigenvalue weighted by Gasteiger charge is -2.47. The van der Waals surface area contributed by atoms with Crippen LogP contribution in [0.4, 0.5) is 0 Å². The highest BCUT2D eigenvalue weighted by Crippen LogP contribution is 2.38. The van der Waals surface area contributed by atoms with E-state index in [9.17, 15) is 4.79 Å². The number of carbonyl (C=O) groups is 1. The first-order valence-electron chi connectivity index (χ1n) is 8.51. The summed E-state index contributed by atoms with van der Waals surface area (Å²) in [4.78, 5) is 14.7. The summed E-state index contributed by atoms with van der Waals surface area (Å²) in [5, 5.41) is 6.32. The fraction of sp³-hybridized carbons (Fsp3) is 0.938. The Kier molecular flexibility index (Phi) is 12.2. The second kappa shape index (κ2) is 12.3. The highest BCUT2D eigenvalue weighted by Gasteiger charge is 2.44. The van der Waals surface area contributed by atoms with E-state index in [1.165, 1.54) is 25.7 Å². The minimum Gasteiger partial charge on any atom is -0.383 e. The molecule has 8 heteroatoms. The fourth-order valence-corrected chi connectivity index (χ4v) is 3.82. The van der Waals surface area contributed by atoms with Gasteiger partial charge >= 0.3 is 0 Å². The maximum Gasteiger partial charge on any atom is 0.234 e. The number of morpholine rings is 1. The zero-order chi connectivity index (χ0) is 15.8. The Morgan fingerprint density at radius 1 is 1.25 bits per heavy atom. The molecule has 2 fully saturated rings. The van der Waals surface area contributed by atoms with Gasteiger partial charge in [0.15, 0.2) is 0 Å².